The lowest BCUT2D eigenvalue weighted by molar-refractivity contribution is -0.140. The number of rotatable bonds is 2. The number of carbonyl (C=O) groups is 2. The van der Waals surface area contributed by atoms with Gasteiger partial charge in [0.2, 0.25) is 0 Å². The summed E-state index contributed by atoms with van der Waals surface area (Å²) >= 11 is 0. The van der Waals surface area contributed by atoms with Crippen molar-refractivity contribution in [3.05, 3.63) is 12.2 Å². The molecule has 3 N–H and O–H groups in total. The molecule has 3 unspecified atom stereocenters. The van der Waals surface area contributed by atoms with Crippen molar-refractivity contribution in [1.82, 2.24) is 10.2 Å². The Morgan fingerprint density at radius 3 is 2.70 bits per heavy atom. The zero-order chi connectivity index (χ0) is 14.8. The quantitative estimate of drug-likeness (QED) is 0.658. The second kappa shape index (κ2) is 5.83. The molecule has 112 valence electrons. The standard InChI is InChI=1S/C14H22N2O4/c1-14(20)5-2-7-16(8-6-14)13(19)15-11-4-3-10(9-11)12(17)18/h3-4,10-11,20H,2,5-9H2,1H3,(H,15,19)(H,17,18). The molecule has 1 fully saturated rings. The van der Waals surface area contributed by atoms with Crippen molar-refractivity contribution >= 4 is 12.0 Å². The molecule has 1 aliphatic heterocycles. The van der Waals surface area contributed by atoms with Gasteiger partial charge in [0.15, 0.2) is 0 Å². The third-order valence-corrected chi connectivity index (χ3v) is 4.06. The van der Waals surface area contributed by atoms with Crippen LogP contribution in [0.3, 0.4) is 0 Å². The third-order valence-electron chi connectivity index (χ3n) is 4.06. The van der Waals surface area contributed by atoms with Gasteiger partial charge >= 0.3 is 12.0 Å². The molecule has 0 aromatic heterocycles. The lowest BCUT2D eigenvalue weighted by atomic mass is 9.98. The minimum atomic E-state index is -0.858. The maximum absolute atomic E-state index is 12.1. The van der Waals surface area contributed by atoms with Gasteiger partial charge < -0.3 is 20.4 Å². The normalized spacial score (nSPS) is 33.8. The average molecular weight is 282 g/mol. The molecule has 1 aliphatic carbocycles. The number of urea groups is 1. The number of nitrogens with one attached hydrogen (secondary N) is 1. The number of carboxylic acids is 1. The van der Waals surface area contributed by atoms with E-state index >= 15 is 0 Å². The number of amides is 2. The number of aliphatic hydroxyl groups is 1. The van der Waals surface area contributed by atoms with E-state index in [1.54, 1.807) is 24.0 Å². The van der Waals surface area contributed by atoms with Crippen molar-refractivity contribution in [1.29, 1.82) is 0 Å². The average Bonchev–Trinajstić information content (AvgIpc) is 2.74. The van der Waals surface area contributed by atoms with E-state index in [9.17, 15) is 14.7 Å². The van der Waals surface area contributed by atoms with E-state index in [4.69, 9.17) is 5.11 Å². The van der Waals surface area contributed by atoms with Crippen LogP contribution in [0.1, 0.15) is 32.6 Å². The van der Waals surface area contributed by atoms with E-state index in [2.05, 4.69) is 5.32 Å². The fraction of sp³-hybridized carbons (Fsp3) is 0.714. The van der Waals surface area contributed by atoms with E-state index in [1.807, 2.05) is 0 Å². The minimum Gasteiger partial charge on any atom is -0.481 e. The SMILES string of the molecule is CC1(O)CCCN(C(=O)NC2C=CC(C(=O)O)C2)CC1. The van der Waals surface area contributed by atoms with Gasteiger partial charge in [0.1, 0.15) is 0 Å². The Bertz CT molecular complexity index is 419. The summed E-state index contributed by atoms with van der Waals surface area (Å²) in [7, 11) is 0. The number of hydrogen-bond acceptors (Lipinski definition) is 3. The molecule has 1 heterocycles. The topological polar surface area (TPSA) is 89.9 Å². The van der Waals surface area contributed by atoms with E-state index in [1.165, 1.54) is 0 Å². The molecule has 6 nitrogen and oxygen atoms in total. The first-order valence-corrected chi connectivity index (χ1v) is 7.06. The molecule has 0 radical (unpaired) electrons. The van der Waals surface area contributed by atoms with Crippen LogP contribution in [0, 0.1) is 5.92 Å². The van der Waals surface area contributed by atoms with Gasteiger partial charge in [0.05, 0.1) is 17.6 Å². The number of aliphatic carboxylic acids is 1. The molecule has 0 saturated carbocycles. The van der Waals surface area contributed by atoms with Crippen molar-refractivity contribution in [3.8, 4) is 0 Å². The van der Waals surface area contributed by atoms with Gasteiger partial charge in [0.25, 0.3) is 0 Å². The van der Waals surface area contributed by atoms with Gasteiger partial charge in [0, 0.05) is 13.1 Å². The molecule has 0 aromatic rings. The molecular formula is C14H22N2O4. The molecular weight excluding hydrogens is 260 g/mol. The fourth-order valence-corrected chi connectivity index (χ4v) is 2.71. The third kappa shape index (κ3) is 3.72. The van der Waals surface area contributed by atoms with Gasteiger partial charge in [-0.05, 0) is 32.6 Å². The highest BCUT2D eigenvalue weighted by molar-refractivity contribution is 5.76. The monoisotopic (exact) mass is 282 g/mol. The summed E-state index contributed by atoms with van der Waals surface area (Å²) in [6, 6.07) is -0.393. The summed E-state index contributed by atoms with van der Waals surface area (Å²) in [4.78, 5) is 24.7. The largest absolute Gasteiger partial charge is 0.481 e. The van der Waals surface area contributed by atoms with Crippen LogP contribution < -0.4 is 5.32 Å². The molecule has 2 rings (SSSR count). The van der Waals surface area contributed by atoms with Gasteiger partial charge in [-0.3, -0.25) is 4.79 Å². The van der Waals surface area contributed by atoms with Crippen molar-refractivity contribution in [3.63, 3.8) is 0 Å². The zero-order valence-electron chi connectivity index (χ0n) is 11.7. The van der Waals surface area contributed by atoms with Crippen LogP contribution in [0.2, 0.25) is 0 Å². The molecule has 2 aliphatic rings. The van der Waals surface area contributed by atoms with Crippen LogP contribution >= 0.6 is 0 Å². The maximum Gasteiger partial charge on any atom is 0.317 e. The Kier molecular flexibility index (Phi) is 4.32. The number of likely N-dealkylation sites (tertiary alicyclic amines) is 1. The Hall–Kier alpha value is -1.56. The number of hydrogen-bond donors (Lipinski definition) is 3. The predicted molar refractivity (Wildman–Crippen MR) is 73.3 cm³/mol. The van der Waals surface area contributed by atoms with Crippen molar-refractivity contribution in [2.75, 3.05) is 13.1 Å². The number of nitrogens with zero attached hydrogens (tertiary/aromatic N) is 1. The summed E-state index contributed by atoms with van der Waals surface area (Å²) in [6.45, 7) is 2.95. The van der Waals surface area contributed by atoms with Crippen molar-refractivity contribution in [2.45, 2.75) is 44.2 Å². The molecule has 20 heavy (non-hydrogen) atoms. The van der Waals surface area contributed by atoms with Crippen LogP contribution in [-0.4, -0.2) is 51.8 Å². The Balaban J connectivity index is 1.84. The maximum atomic E-state index is 12.1. The number of carbonyl (C=O) groups excluding carboxylic acids is 1. The van der Waals surface area contributed by atoms with Gasteiger partial charge in [-0.1, -0.05) is 12.2 Å². The lowest BCUT2D eigenvalue weighted by Gasteiger charge is -2.24. The second-order valence-corrected chi connectivity index (χ2v) is 5.96. The van der Waals surface area contributed by atoms with E-state index in [0.29, 0.717) is 32.4 Å². The Morgan fingerprint density at radius 2 is 2.05 bits per heavy atom. The molecule has 0 bridgehead atoms. The molecule has 0 spiro atoms. The highest BCUT2D eigenvalue weighted by Crippen LogP contribution is 2.22. The second-order valence-electron chi connectivity index (χ2n) is 5.96. The lowest BCUT2D eigenvalue weighted by Crippen LogP contribution is -2.44. The summed E-state index contributed by atoms with van der Waals surface area (Å²) < 4.78 is 0. The molecule has 1 saturated heterocycles. The van der Waals surface area contributed by atoms with E-state index in [0.717, 1.165) is 6.42 Å². The van der Waals surface area contributed by atoms with E-state index in [-0.39, 0.29) is 12.1 Å². The summed E-state index contributed by atoms with van der Waals surface area (Å²) in [5.74, 6) is -1.37. The van der Waals surface area contributed by atoms with Crippen LogP contribution in [0.4, 0.5) is 4.79 Å². The van der Waals surface area contributed by atoms with Crippen LogP contribution in [0.5, 0.6) is 0 Å². The first-order valence-electron chi connectivity index (χ1n) is 7.06. The van der Waals surface area contributed by atoms with Gasteiger partial charge in [-0.15, -0.1) is 0 Å². The summed E-state index contributed by atoms with van der Waals surface area (Å²) in [6.07, 6.45) is 5.82. The Labute approximate surface area is 118 Å². The van der Waals surface area contributed by atoms with Crippen molar-refractivity contribution in [2.24, 2.45) is 5.92 Å². The fourth-order valence-electron chi connectivity index (χ4n) is 2.71. The van der Waals surface area contributed by atoms with E-state index < -0.39 is 17.5 Å². The van der Waals surface area contributed by atoms with Crippen LogP contribution in [0.15, 0.2) is 12.2 Å². The summed E-state index contributed by atoms with van der Waals surface area (Å²) in [5, 5.41) is 21.7. The van der Waals surface area contributed by atoms with Crippen LogP contribution in [-0.2, 0) is 4.79 Å². The number of carboxylic acid groups (broad SMARTS) is 1. The van der Waals surface area contributed by atoms with Crippen LogP contribution in [0.25, 0.3) is 0 Å². The minimum absolute atomic E-state index is 0.177. The molecule has 2 amide bonds. The molecule has 3 atom stereocenters. The van der Waals surface area contributed by atoms with Gasteiger partial charge in [-0.2, -0.15) is 0 Å². The van der Waals surface area contributed by atoms with Gasteiger partial charge in [-0.25, -0.2) is 4.79 Å². The first kappa shape index (κ1) is 14.8. The molecule has 0 aromatic carbocycles. The highest BCUT2D eigenvalue weighted by Gasteiger charge is 2.29. The predicted octanol–water partition coefficient (Wildman–Crippen LogP) is 0.962. The smallest absolute Gasteiger partial charge is 0.317 e. The van der Waals surface area contributed by atoms with Crippen molar-refractivity contribution < 1.29 is 19.8 Å². The summed E-state index contributed by atoms with van der Waals surface area (Å²) in [5.41, 5.74) is -0.698. The molecule has 6 heteroatoms. The Morgan fingerprint density at radius 1 is 1.30 bits per heavy atom. The highest BCUT2D eigenvalue weighted by atomic mass is 16.4. The first-order chi connectivity index (χ1) is 9.37. The zero-order valence-corrected chi connectivity index (χ0v) is 11.7.